The first-order chi connectivity index (χ1) is 12.3. The maximum atomic E-state index is 13.8. The Labute approximate surface area is 145 Å². The molecule has 5 nitrogen and oxygen atoms in total. The molecule has 0 saturated carbocycles. The summed E-state index contributed by atoms with van der Waals surface area (Å²) in [6, 6.07) is 10.7. The second-order valence-electron chi connectivity index (χ2n) is 6.33. The van der Waals surface area contributed by atoms with Crippen LogP contribution in [-0.2, 0) is 6.54 Å². The Bertz CT molecular complexity index is 828. The first-order valence-corrected chi connectivity index (χ1v) is 8.49. The lowest BCUT2D eigenvalue weighted by Gasteiger charge is -2.30. The standard InChI is InChI=1S/C19H19FN4O/c20-17-6-2-1-4-16(17)13-24-10-7-14(8-11-24)18-22-23-19(25-18)15-5-3-9-21-12-15/h1-6,9,12,14H,7-8,10-11,13H2. The number of benzene rings is 1. The van der Waals surface area contributed by atoms with Crippen molar-refractivity contribution in [1.29, 1.82) is 0 Å². The molecule has 0 bridgehead atoms. The fourth-order valence-electron chi connectivity index (χ4n) is 3.21. The average Bonchev–Trinajstić information content (AvgIpc) is 3.15. The SMILES string of the molecule is Fc1ccccc1CN1CCC(c2nnc(-c3cccnc3)o2)CC1. The summed E-state index contributed by atoms with van der Waals surface area (Å²) in [4.78, 5) is 6.35. The number of hydrogen-bond acceptors (Lipinski definition) is 5. The van der Waals surface area contributed by atoms with Gasteiger partial charge in [-0.2, -0.15) is 0 Å². The first kappa shape index (κ1) is 15.9. The molecule has 0 radical (unpaired) electrons. The van der Waals surface area contributed by atoms with Crippen LogP contribution in [-0.4, -0.2) is 33.2 Å². The molecule has 4 rings (SSSR count). The summed E-state index contributed by atoms with van der Waals surface area (Å²) in [5, 5.41) is 8.36. The Kier molecular flexibility index (Phi) is 4.52. The van der Waals surface area contributed by atoms with Crippen LogP contribution in [0.3, 0.4) is 0 Å². The molecule has 25 heavy (non-hydrogen) atoms. The van der Waals surface area contributed by atoms with Crippen molar-refractivity contribution in [2.45, 2.75) is 25.3 Å². The van der Waals surface area contributed by atoms with E-state index in [0.717, 1.165) is 37.1 Å². The van der Waals surface area contributed by atoms with E-state index in [1.165, 1.54) is 6.07 Å². The van der Waals surface area contributed by atoms with Crippen molar-refractivity contribution < 1.29 is 8.81 Å². The van der Waals surface area contributed by atoms with Gasteiger partial charge in [0, 0.05) is 30.4 Å². The summed E-state index contributed by atoms with van der Waals surface area (Å²) in [5.41, 5.74) is 1.58. The molecule has 6 heteroatoms. The van der Waals surface area contributed by atoms with Gasteiger partial charge in [-0.05, 0) is 44.1 Å². The maximum absolute atomic E-state index is 13.8. The highest BCUT2D eigenvalue weighted by Gasteiger charge is 2.25. The Morgan fingerprint density at radius 2 is 1.92 bits per heavy atom. The van der Waals surface area contributed by atoms with Crippen LogP contribution in [0, 0.1) is 5.82 Å². The van der Waals surface area contributed by atoms with E-state index in [2.05, 4.69) is 20.1 Å². The molecule has 3 aromatic rings. The van der Waals surface area contributed by atoms with Gasteiger partial charge in [0.1, 0.15) is 5.82 Å². The normalized spacial score (nSPS) is 16.2. The average molecular weight is 338 g/mol. The van der Waals surface area contributed by atoms with E-state index in [1.807, 2.05) is 24.3 Å². The van der Waals surface area contributed by atoms with Crippen LogP contribution >= 0.6 is 0 Å². The molecule has 0 N–H and O–H groups in total. The van der Waals surface area contributed by atoms with Gasteiger partial charge in [0.25, 0.3) is 0 Å². The highest BCUT2D eigenvalue weighted by molar-refractivity contribution is 5.49. The Morgan fingerprint density at radius 1 is 1.08 bits per heavy atom. The van der Waals surface area contributed by atoms with Crippen molar-refractivity contribution in [3.8, 4) is 11.5 Å². The van der Waals surface area contributed by atoms with Crippen molar-refractivity contribution in [3.63, 3.8) is 0 Å². The van der Waals surface area contributed by atoms with Crippen molar-refractivity contribution >= 4 is 0 Å². The largest absolute Gasteiger partial charge is 0.420 e. The quantitative estimate of drug-likeness (QED) is 0.727. The summed E-state index contributed by atoms with van der Waals surface area (Å²) in [6.45, 7) is 2.43. The highest BCUT2D eigenvalue weighted by Crippen LogP contribution is 2.29. The number of halogens is 1. The number of nitrogens with zero attached hydrogens (tertiary/aromatic N) is 4. The summed E-state index contributed by atoms with van der Waals surface area (Å²) in [5.74, 6) is 1.32. The number of piperidine rings is 1. The predicted octanol–water partition coefficient (Wildman–Crippen LogP) is 3.65. The van der Waals surface area contributed by atoms with Crippen LogP contribution in [0.5, 0.6) is 0 Å². The van der Waals surface area contributed by atoms with Crippen LogP contribution in [0.25, 0.3) is 11.5 Å². The number of likely N-dealkylation sites (tertiary alicyclic amines) is 1. The van der Waals surface area contributed by atoms with Gasteiger partial charge < -0.3 is 4.42 Å². The molecule has 1 aliphatic rings. The van der Waals surface area contributed by atoms with Crippen molar-refractivity contribution in [2.75, 3.05) is 13.1 Å². The third-order valence-corrected chi connectivity index (χ3v) is 4.64. The van der Waals surface area contributed by atoms with Gasteiger partial charge in [-0.3, -0.25) is 9.88 Å². The zero-order valence-electron chi connectivity index (χ0n) is 13.8. The second-order valence-corrected chi connectivity index (χ2v) is 6.33. The van der Waals surface area contributed by atoms with Gasteiger partial charge in [-0.25, -0.2) is 4.39 Å². The molecule has 1 aromatic carbocycles. The molecular formula is C19H19FN4O. The van der Waals surface area contributed by atoms with Crippen LogP contribution in [0.4, 0.5) is 4.39 Å². The molecule has 3 heterocycles. The summed E-state index contributed by atoms with van der Waals surface area (Å²) in [6.07, 6.45) is 5.30. The minimum absolute atomic E-state index is 0.136. The van der Waals surface area contributed by atoms with Gasteiger partial charge in [0.2, 0.25) is 11.8 Å². The molecule has 1 saturated heterocycles. The van der Waals surface area contributed by atoms with Gasteiger partial charge in [-0.1, -0.05) is 18.2 Å². The molecule has 2 aromatic heterocycles. The minimum atomic E-state index is -0.136. The molecule has 0 spiro atoms. The number of pyridine rings is 1. The van der Waals surface area contributed by atoms with Crippen molar-refractivity contribution in [1.82, 2.24) is 20.1 Å². The number of hydrogen-bond donors (Lipinski definition) is 0. The second kappa shape index (κ2) is 7.11. The van der Waals surface area contributed by atoms with E-state index in [9.17, 15) is 4.39 Å². The van der Waals surface area contributed by atoms with Crippen LogP contribution in [0.1, 0.15) is 30.2 Å². The summed E-state index contributed by atoms with van der Waals surface area (Å²) >= 11 is 0. The molecule has 128 valence electrons. The molecule has 0 unspecified atom stereocenters. The van der Waals surface area contributed by atoms with E-state index < -0.39 is 0 Å². The Balaban J connectivity index is 1.38. The van der Waals surface area contributed by atoms with Crippen LogP contribution < -0.4 is 0 Å². The zero-order chi connectivity index (χ0) is 17.1. The molecule has 1 fully saturated rings. The van der Waals surface area contributed by atoms with Crippen molar-refractivity contribution in [3.05, 3.63) is 66.1 Å². The van der Waals surface area contributed by atoms with E-state index in [4.69, 9.17) is 4.42 Å². The predicted molar refractivity (Wildman–Crippen MR) is 91.2 cm³/mol. The molecule has 0 aliphatic carbocycles. The third-order valence-electron chi connectivity index (χ3n) is 4.64. The van der Waals surface area contributed by atoms with Gasteiger partial charge in [0.05, 0.1) is 5.56 Å². The fourth-order valence-corrected chi connectivity index (χ4v) is 3.21. The number of rotatable bonds is 4. The van der Waals surface area contributed by atoms with Gasteiger partial charge in [0.15, 0.2) is 0 Å². The number of aromatic nitrogens is 3. The minimum Gasteiger partial charge on any atom is -0.420 e. The molecular weight excluding hydrogens is 319 g/mol. The first-order valence-electron chi connectivity index (χ1n) is 8.49. The Morgan fingerprint density at radius 3 is 2.68 bits per heavy atom. The Hall–Kier alpha value is -2.60. The summed E-state index contributed by atoms with van der Waals surface area (Å²) in [7, 11) is 0. The van der Waals surface area contributed by atoms with Crippen LogP contribution in [0.2, 0.25) is 0 Å². The molecule has 1 aliphatic heterocycles. The van der Waals surface area contributed by atoms with E-state index >= 15 is 0 Å². The summed E-state index contributed by atoms with van der Waals surface area (Å²) < 4.78 is 19.6. The van der Waals surface area contributed by atoms with Gasteiger partial charge >= 0.3 is 0 Å². The molecule has 0 atom stereocenters. The van der Waals surface area contributed by atoms with Gasteiger partial charge in [-0.15, -0.1) is 10.2 Å². The van der Waals surface area contributed by atoms with E-state index in [0.29, 0.717) is 18.3 Å². The zero-order valence-corrected chi connectivity index (χ0v) is 13.8. The third kappa shape index (κ3) is 3.58. The van der Waals surface area contributed by atoms with E-state index in [-0.39, 0.29) is 11.7 Å². The van der Waals surface area contributed by atoms with Crippen LogP contribution in [0.15, 0.2) is 53.2 Å². The smallest absolute Gasteiger partial charge is 0.249 e. The van der Waals surface area contributed by atoms with E-state index in [1.54, 1.807) is 18.5 Å². The topological polar surface area (TPSA) is 55.1 Å². The lowest BCUT2D eigenvalue weighted by molar-refractivity contribution is 0.191. The highest BCUT2D eigenvalue weighted by atomic mass is 19.1. The molecule has 0 amide bonds. The maximum Gasteiger partial charge on any atom is 0.249 e. The monoisotopic (exact) mass is 338 g/mol. The van der Waals surface area contributed by atoms with Crippen molar-refractivity contribution in [2.24, 2.45) is 0 Å². The lowest BCUT2D eigenvalue weighted by Crippen LogP contribution is -2.32. The fraction of sp³-hybridized carbons (Fsp3) is 0.316. The lowest BCUT2D eigenvalue weighted by atomic mass is 9.96.